The van der Waals surface area contributed by atoms with Crippen molar-refractivity contribution in [2.45, 2.75) is 37.6 Å². The maximum Gasteiger partial charge on any atom is 0.414 e. The lowest BCUT2D eigenvalue weighted by Gasteiger charge is -2.27. The predicted octanol–water partition coefficient (Wildman–Crippen LogP) is 8.46. The molecule has 590 valence electrons. The van der Waals surface area contributed by atoms with Crippen LogP contribution in [0.5, 0.6) is 0 Å². The van der Waals surface area contributed by atoms with Crippen molar-refractivity contribution in [3.05, 3.63) is 136 Å². The molecule has 0 saturated carbocycles. The molecular formula is C70H75Cl4F3N12O18S3. The van der Waals surface area contributed by atoms with E-state index in [9.17, 15) is 66.3 Å². The van der Waals surface area contributed by atoms with Crippen LogP contribution in [0.15, 0.2) is 91.0 Å². The van der Waals surface area contributed by atoms with Crippen molar-refractivity contribution < 1.29 is 99.1 Å². The van der Waals surface area contributed by atoms with Crippen molar-refractivity contribution in [1.82, 2.24) is 24.9 Å². The Bertz CT molecular complexity index is 4410. The van der Waals surface area contributed by atoms with Gasteiger partial charge in [0, 0.05) is 75.6 Å². The predicted molar refractivity (Wildman–Crippen MR) is 405 cm³/mol. The maximum absolute atomic E-state index is 15.1. The lowest BCUT2D eigenvalue weighted by Crippen LogP contribution is -2.43. The number of nitrogens with one attached hydrogen (secondary N) is 1. The van der Waals surface area contributed by atoms with E-state index >= 15 is 4.39 Å². The van der Waals surface area contributed by atoms with Gasteiger partial charge in [0.15, 0.2) is 0 Å². The van der Waals surface area contributed by atoms with Crippen LogP contribution in [0.25, 0.3) is 0 Å². The third-order valence-electron chi connectivity index (χ3n) is 16.8. The highest BCUT2D eigenvalue weighted by Crippen LogP contribution is 2.35. The number of hydrogen-bond donors (Lipinski definition) is 2. The molecule has 6 aromatic rings. The standard InChI is InChI=1S/C24H26ClFN4O6S.C22H22ClFN4O6S.C19H17ClFN3O5S.C5H10ClNO/c1-27(2)8-7-21(31)30(23(33)19-5-6-20(25)37-19)13-16-12-29(24(34)36-16)18-4-3-15(11-17(18)26)28-9-10-35-14-22(28)32;23-18-4-3-17(35-18)21(31)28(19(29)5-6-25)11-14-10-27(22(32)34-14)16-2-1-13(9-15(16)24)26-7-8-33-12-20(26)30;20-16-4-3-15(30-16)18(26)22-8-12-9-24(19(27)29-12)14-2-1-11(7-13(14)21)23-5-6-28-10-17(23)25;1-7(2)4-3-5(6)8/h3-6,11,16H,7-10,12-14H2,1-2H3;1-4,9,14H,5-8,10-12,25H2;1-4,7,12H,5-6,8-10H2,(H,22,26);3-4H2,1-2H3/t16-;14-;12-;/m110./s1. The van der Waals surface area contributed by atoms with Crippen LogP contribution < -0.4 is 40.4 Å². The highest BCUT2D eigenvalue weighted by molar-refractivity contribution is 7.18. The Kier molecular flexibility index (Phi) is 30.8. The lowest BCUT2D eigenvalue weighted by molar-refractivity contribution is -0.130. The molecule has 6 aliphatic rings. The first-order valence-electron chi connectivity index (χ1n) is 33.9. The van der Waals surface area contributed by atoms with Crippen LogP contribution in [0.1, 0.15) is 48.3 Å². The topological polar surface area (TPSA) is 331 Å². The van der Waals surface area contributed by atoms with Crippen molar-refractivity contribution in [1.29, 1.82) is 0 Å². The van der Waals surface area contributed by atoms with Crippen LogP contribution >= 0.6 is 80.4 Å². The van der Waals surface area contributed by atoms with Crippen LogP contribution in [-0.2, 0) is 57.2 Å². The van der Waals surface area contributed by atoms with E-state index in [0.717, 1.165) is 60.2 Å². The summed E-state index contributed by atoms with van der Waals surface area (Å²) in [6, 6.07) is 21.8. The minimum atomic E-state index is -0.886. The Morgan fingerprint density at radius 2 is 0.827 bits per heavy atom. The van der Waals surface area contributed by atoms with Crippen molar-refractivity contribution >= 4 is 185 Å². The summed E-state index contributed by atoms with van der Waals surface area (Å²) < 4.78 is 77.3. The van der Waals surface area contributed by atoms with Gasteiger partial charge >= 0.3 is 18.3 Å². The highest BCUT2D eigenvalue weighted by atomic mass is 35.5. The van der Waals surface area contributed by atoms with Crippen molar-refractivity contribution in [2.75, 3.05) is 176 Å². The number of halogens is 7. The molecule has 6 aliphatic heterocycles. The number of hydrogen-bond acceptors (Lipinski definition) is 24. The number of anilines is 6. The normalized spacial score (nSPS) is 17.7. The van der Waals surface area contributed by atoms with Crippen LogP contribution in [0.2, 0.25) is 13.0 Å². The van der Waals surface area contributed by atoms with Gasteiger partial charge in [-0.15, -0.1) is 34.0 Å². The molecule has 12 rings (SSSR count). The molecule has 9 heterocycles. The van der Waals surface area contributed by atoms with Gasteiger partial charge in [-0.25, -0.2) is 27.6 Å². The van der Waals surface area contributed by atoms with Gasteiger partial charge in [0.05, 0.1) is 104 Å². The van der Waals surface area contributed by atoms with Crippen LogP contribution in [-0.4, -0.2) is 255 Å². The molecule has 6 saturated heterocycles. The number of benzene rings is 3. The van der Waals surface area contributed by atoms with Crippen LogP contribution in [0.3, 0.4) is 0 Å². The molecule has 0 bridgehead atoms. The van der Waals surface area contributed by atoms with Gasteiger partial charge in [-0.1, -0.05) is 34.8 Å². The molecule has 11 amide bonds. The van der Waals surface area contributed by atoms with Crippen LogP contribution in [0, 0.1) is 17.5 Å². The molecule has 30 nitrogen and oxygen atoms in total. The molecule has 0 unspecified atom stereocenters. The summed E-state index contributed by atoms with van der Waals surface area (Å²) in [7, 11) is 7.42. The Morgan fingerprint density at radius 1 is 0.482 bits per heavy atom. The summed E-state index contributed by atoms with van der Waals surface area (Å²) >= 11 is 26.0. The minimum Gasteiger partial charge on any atom is -0.442 e. The van der Waals surface area contributed by atoms with Crippen molar-refractivity contribution in [2.24, 2.45) is 5.73 Å². The zero-order chi connectivity index (χ0) is 79.6. The van der Waals surface area contributed by atoms with Gasteiger partial charge in [0.25, 0.3) is 35.4 Å². The fourth-order valence-corrected chi connectivity index (χ4v) is 14.4. The molecule has 3 N–H and O–H groups in total. The van der Waals surface area contributed by atoms with Gasteiger partial charge in [0.2, 0.25) is 17.1 Å². The first-order chi connectivity index (χ1) is 52.5. The van der Waals surface area contributed by atoms with Gasteiger partial charge in [0.1, 0.15) is 55.6 Å². The molecule has 3 aromatic heterocycles. The van der Waals surface area contributed by atoms with Crippen molar-refractivity contribution in [3.8, 4) is 0 Å². The summed E-state index contributed by atoms with van der Waals surface area (Å²) in [5.41, 5.74) is 6.56. The van der Waals surface area contributed by atoms with Gasteiger partial charge in [-0.05, 0) is 131 Å². The average molecular weight is 1670 g/mol. The summed E-state index contributed by atoms with van der Waals surface area (Å²) in [4.78, 5) is 162. The summed E-state index contributed by atoms with van der Waals surface area (Å²) in [5.74, 6) is -5.31. The van der Waals surface area contributed by atoms with Gasteiger partial charge in [-0.2, -0.15) is 0 Å². The van der Waals surface area contributed by atoms with Crippen molar-refractivity contribution in [3.63, 3.8) is 0 Å². The number of nitrogens with zero attached hydrogens (tertiary/aromatic N) is 10. The molecule has 0 aliphatic carbocycles. The quantitative estimate of drug-likeness (QED) is 0.0448. The number of carbonyl (C=O) groups is 12. The van der Waals surface area contributed by atoms with E-state index in [0.29, 0.717) is 87.4 Å². The molecule has 0 spiro atoms. The smallest absolute Gasteiger partial charge is 0.414 e. The van der Waals surface area contributed by atoms with Gasteiger partial charge < -0.3 is 64.0 Å². The van der Waals surface area contributed by atoms with E-state index in [1.54, 1.807) is 36.4 Å². The summed E-state index contributed by atoms with van der Waals surface area (Å²) in [6.45, 7) is 2.56. The second kappa shape index (κ2) is 39.8. The highest BCUT2D eigenvalue weighted by Gasteiger charge is 2.41. The third-order valence-corrected chi connectivity index (χ3v) is 20.6. The van der Waals surface area contributed by atoms with E-state index in [1.165, 1.54) is 74.2 Å². The first kappa shape index (κ1) is 85.1. The van der Waals surface area contributed by atoms with Gasteiger partial charge in [-0.3, -0.25) is 67.7 Å². The monoisotopic (exact) mass is 1660 g/mol. The van der Waals surface area contributed by atoms with E-state index < -0.39 is 77.7 Å². The Balaban J connectivity index is 0.000000181. The maximum atomic E-state index is 15.1. The molecule has 40 heteroatoms. The summed E-state index contributed by atoms with van der Waals surface area (Å²) in [5, 5.41) is 2.41. The SMILES string of the molecule is CN(C)CCC(=O)Cl.CN(C)CCC(=O)N(C[C@H]1CN(c2ccc(N3CCOCC3=O)cc2F)C(=O)O1)C(=O)c1ccc(Cl)s1.NCCC(=O)N(C[C@H]1CN(c2ccc(N3CCOCC3=O)cc2F)C(=O)O1)C(=O)c1ccc(Cl)s1.O=C(NC[C@H]1CN(c2ccc(N3CCOCC3=O)cc2F)C(=O)O1)c1ccc(Cl)s1. The first-order valence-corrected chi connectivity index (χ1v) is 37.8. The third kappa shape index (κ3) is 22.9. The van der Waals surface area contributed by atoms with E-state index in [1.807, 2.05) is 38.0 Å². The van der Waals surface area contributed by atoms with Crippen LogP contribution in [0.4, 0.5) is 61.7 Å². The zero-order valence-corrected chi connectivity index (χ0v) is 65.0. The number of rotatable bonds is 23. The van der Waals surface area contributed by atoms with E-state index in [2.05, 4.69) is 5.32 Å². The number of carbonyl (C=O) groups excluding carboxylic acids is 12. The second-order valence-corrected chi connectivity index (χ2v) is 30.8. The number of cyclic esters (lactones) is 3. The Hall–Kier alpha value is -8.89. The van der Waals surface area contributed by atoms with E-state index in [4.69, 9.17) is 80.6 Å². The average Bonchev–Trinajstić information content (AvgIpc) is 1.56. The fraction of sp³-hybridized carbons (Fsp3) is 0.400. The fourth-order valence-electron chi connectivity index (χ4n) is 11.4. The molecule has 3 atom stereocenters. The number of imide groups is 2. The molecule has 0 radical (unpaired) electrons. The largest absolute Gasteiger partial charge is 0.442 e. The minimum absolute atomic E-state index is 0.0289. The Morgan fingerprint density at radius 3 is 1.15 bits per heavy atom. The number of nitrogens with two attached hydrogens (primary N) is 1. The second-order valence-electron chi connectivity index (χ2n) is 25.2. The van der Waals surface area contributed by atoms with E-state index in [-0.39, 0.29) is 134 Å². The number of amides is 11. The number of morpholine rings is 3. The zero-order valence-electron chi connectivity index (χ0n) is 59.5. The molecular weight excluding hydrogens is 1590 g/mol. The molecule has 6 fully saturated rings. The number of thiophene rings is 3. The Labute approximate surface area is 660 Å². The summed E-state index contributed by atoms with van der Waals surface area (Å²) in [6.07, 6.45) is -4.26. The molecule has 110 heavy (non-hydrogen) atoms. The lowest BCUT2D eigenvalue weighted by atomic mass is 10.2. The molecule has 3 aromatic carbocycles. The number of ether oxygens (including phenoxy) is 6.